The number of benzene rings is 2. The van der Waals surface area contributed by atoms with Crippen molar-refractivity contribution in [2.24, 2.45) is 0 Å². The average molecular weight is 293 g/mol. The molecule has 5 heteroatoms. The van der Waals surface area contributed by atoms with Gasteiger partial charge in [-0.2, -0.15) is 5.26 Å². The Bertz CT molecular complexity index is 748. The molecular weight excluding hydrogens is 278 g/mol. The van der Waals surface area contributed by atoms with Crippen LogP contribution in [-0.4, -0.2) is 11.8 Å². The Morgan fingerprint density at radius 1 is 1.09 bits per heavy atom. The minimum absolute atomic E-state index is 0.272. The number of hydrogen-bond acceptors (Lipinski definition) is 3. The number of amides is 2. The minimum Gasteiger partial charge on any atom is -0.344 e. The van der Waals surface area contributed by atoms with Crippen molar-refractivity contribution < 1.29 is 9.59 Å². The molecule has 110 valence electrons. The van der Waals surface area contributed by atoms with E-state index in [-0.39, 0.29) is 6.54 Å². The van der Waals surface area contributed by atoms with Crippen LogP contribution in [0.5, 0.6) is 0 Å². The summed E-state index contributed by atoms with van der Waals surface area (Å²) in [6, 6.07) is 16.1. The van der Waals surface area contributed by atoms with Crippen LogP contribution < -0.4 is 10.6 Å². The predicted octanol–water partition coefficient (Wildman–Crippen LogP) is 2.12. The monoisotopic (exact) mass is 293 g/mol. The molecule has 22 heavy (non-hydrogen) atoms. The van der Waals surface area contributed by atoms with Crippen molar-refractivity contribution in [1.82, 2.24) is 5.32 Å². The third kappa shape index (κ3) is 3.93. The van der Waals surface area contributed by atoms with Crippen molar-refractivity contribution in [3.8, 4) is 6.07 Å². The van der Waals surface area contributed by atoms with Crippen LogP contribution in [0.3, 0.4) is 0 Å². The van der Waals surface area contributed by atoms with Gasteiger partial charge in [0.05, 0.1) is 11.3 Å². The highest BCUT2D eigenvalue weighted by molar-refractivity contribution is 6.39. The number of para-hydroxylation sites is 1. The van der Waals surface area contributed by atoms with Crippen molar-refractivity contribution in [2.45, 2.75) is 13.5 Å². The van der Waals surface area contributed by atoms with Crippen LogP contribution in [0.2, 0.25) is 0 Å². The average Bonchev–Trinajstić information content (AvgIpc) is 2.53. The zero-order valence-electron chi connectivity index (χ0n) is 12.1. The molecule has 0 fully saturated rings. The van der Waals surface area contributed by atoms with Crippen molar-refractivity contribution in [3.05, 3.63) is 65.2 Å². The molecule has 0 saturated heterocycles. The van der Waals surface area contributed by atoms with E-state index in [4.69, 9.17) is 5.26 Å². The fourth-order valence-corrected chi connectivity index (χ4v) is 1.95. The van der Waals surface area contributed by atoms with Crippen LogP contribution >= 0.6 is 0 Å². The minimum atomic E-state index is -0.796. The van der Waals surface area contributed by atoms with Crippen LogP contribution in [0, 0.1) is 18.3 Å². The van der Waals surface area contributed by atoms with E-state index < -0.39 is 11.8 Å². The van der Waals surface area contributed by atoms with E-state index in [0.717, 1.165) is 11.1 Å². The first kappa shape index (κ1) is 15.3. The van der Waals surface area contributed by atoms with Gasteiger partial charge < -0.3 is 10.6 Å². The third-order valence-corrected chi connectivity index (χ3v) is 3.04. The second-order valence-electron chi connectivity index (χ2n) is 4.78. The molecule has 0 unspecified atom stereocenters. The van der Waals surface area contributed by atoms with Gasteiger partial charge in [0, 0.05) is 6.54 Å². The molecular formula is C17H15N3O2. The standard InChI is InChI=1S/C17H15N3O2/c1-12-5-4-6-13(9-12)11-19-16(21)17(22)20-15-8-3-2-7-14(15)10-18/h2-9H,11H2,1H3,(H,19,21)(H,20,22). The van der Waals surface area contributed by atoms with Crippen LogP contribution in [0.25, 0.3) is 0 Å². The Morgan fingerprint density at radius 2 is 1.86 bits per heavy atom. The topological polar surface area (TPSA) is 82.0 Å². The molecule has 0 aliphatic carbocycles. The van der Waals surface area contributed by atoms with Gasteiger partial charge in [-0.3, -0.25) is 9.59 Å². The predicted molar refractivity (Wildman–Crippen MR) is 82.8 cm³/mol. The Labute approximate surface area is 128 Å². The first-order chi connectivity index (χ1) is 10.6. The van der Waals surface area contributed by atoms with Gasteiger partial charge in [0.1, 0.15) is 6.07 Å². The van der Waals surface area contributed by atoms with Gasteiger partial charge in [0.15, 0.2) is 0 Å². The van der Waals surface area contributed by atoms with Crippen molar-refractivity contribution in [3.63, 3.8) is 0 Å². The van der Waals surface area contributed by atoms with E-state index >= 15 is 0 Å². The fourth-order valence-electron chi connectivity index (χ4n) is 1.95. The molecule has 2 amide bonds. The van der Waals surface area contributed by atoms with E-state index in [9.17, 15) is 9.59 Å². The molecule has 0 atom stereocenters. The number of hydrogen-bond donors (Lipinski definition) is 2. The largest absolute Gasteiger partial charge is 0.344 e. The smallest absolute Gasteiger partial charge is 0.313 e. The summed E-state index contributed by atoms with van der Waals surface area (Å²) in [4.78, 5) is 23.6. The van der Waals surface area contributed by atoms with Crippen LogP contribution in [-0.2, 0) is 16.1 Å². The molecule has 0 radical (unpaired) electrons. The van der Waals surface area contributed by atoms with Crippen molar-refractivity contribution in [1.29, 1.82) is 5.26 Å². The second-order valence-corrected chi connectivity index (χ2v) is 4.78. The van der Waals surface area contributed by atoms with Gasteiger partial charge in [0.25, 0.3) is 0 Å². The Balaban J connectivity index is 1.95. The summed E-state index contributed by atoms with van der Waals surface area (Å²) in [5.41, 5.74) is 2.63. The number of nitrogens with zero attached hydrogens (tertiary/aromatic N) is 1. The number of anilines is 1. The number of carbonyl (C=O) groups excluding carboxylic acids is 2. The van der Waals surface area contributed by atoms with E-state index in [1.165, 1.54) is 0 Å². The van der Waals surface area contributed by atoms with E-state index in [0.29, 0.717) is 11.3 Å². The SMILES string of the molecule is Cc1cccc(CNC(=O)C(=O)Nc2ccccc2C#N)c1. The fraction of sp³-hybridized carbons (Fsp3) is 0.118. The number of nitrogens with one attached hydrogen (secondary N) is 2. The van der Waals surface area contributed by atoms with Crippen molar-refractivity contribution >= 4 is 17.5 Å². The van der Waals surface area contributed by atoms with Crippen LogP contribution in [0.1, 0.15) is 16.7 Å². The Kier molecular flexibility index (Phi) is 4.89. The molecule has 0 heterocycles. The molecule has 2 aromatic rings. The summed E-state index contributed by atoms with van der Waals surface area (Å²) in [6.45, 7) is 2.23. The lowest BCUT2D eigenvalue weighted by molar-refractivity contribution is -0.136. The molecule has 2 aromatic carbocycles. The quantitative estimate of drug-likeness (QED) is 0.850. The van der Waals surface area contributed by atoms with Gasteiger partial charge >= 0.3 is 11.8 Å². The molecule has 5 nitrogen and oxygen atoms in total. The van der Waals surface area contributed by atoms with Crippen molar-refractivity contribution in [2.75, 3.05) is 5.32 Å². The van der Waals surface area contributed by atoms with Gasteiger partial charge in [0.2, 0.25) is 0 Å². The maximum Gasteiger partial charge on any atom is 0.313 e. The molecule has 2 rings (SSSR count). The Morgan fingerprint density at radius 3 is 2.59 bits per heavy atom. The first-order valence-electron chi connectivity index (χ1n) is 6.74. The summed E-state index contributed by atoms with van der Waals surface area (Å²) in [7, 11) is 0. The highest BCUT2D eigenvalue weighted by Gasteiger charge is 2.14. The maximum atomic E-state index is 11.8. The van der Waals surface area contributed by atoms with Gasteiger partial charge in [-0.1, -0.05) is 42.0 Å². The summed E-state index contributed by atoms with van der Waals surface area (Å²) >= 11 is 0. The highest BCUT2D eigenvalue weighted by atomic mass is 16.2. The summed E-state index contributed by atoms with van der Waals surface area (Å²) in [5.74, 6) is -1.54. The van der Waals surface area contributed by atoms with Gasteiger partial charge in [-0.25, -0.2) is 0 Å². The lowest BCUT2D eigenvalue weighted by Crippen LogP contribution is -2.35. The summed E-state index contributed by atoms with van der Waals surface area (Å²) in [5, 5.41) is 13.9. The van der Waals surface area contributed by atoms with Crippen LogP contribution in [0.4, 0.5) is 5.69 Å². The van der Waals surface area contributed by atoms with Gasteiger partial charge in [-0.15, -0.1) is 0 Å². The van der Waals surface area contributed by atoms with E-state index in [1.54, 1.807) is 24.3 Å². The molecule has 0 aliphatic heterocycles. The molecule has 0 aromatic heterocycles. The molecule has 0 saturated carbocycles. The Hall–Kier alpha value is -3.13. The zero-order chi connectivity index (χ0) is 15.9. The molecule has 2 N–H and O–H groups in total. The number of rotatable bonds is 3. The number of carbonyl (C=O) groups is 2. The van der Waals surface area contributed by atoms with E-state index in [2.05, 4.69) is 10.6 Å². The maximum absolute atomic E-state index is 11.8. The number of aryl methyl sites for hydroxylation is 1. The van der Waals surface area contributed by atoms with Gasteiger partial charge in [-0.05, 0) is 24.6 Å². The summed E-state index contributed by atoms with van der Waals surface area (Å²) < 4.78 is 0. The first-order valence-corrected chi connectivity index (χ1v) is 6.74. The molecule has 0 bridgehead atoms. The molecule has 0 aliphatic rings. The normalized spacial score (nSPS) is 9.64. The zero-order valence-corrected chi connectivity index (χ0v) is 12.1. The molecule has 0 spiro atoms. The lowest BCUT2D eigenvalue weighted by atomic mass is 10.1. The lowest BCUT2D eigenvalue weighted by Gasteiger charge is -2.08. The third-order valence-electron chi connectivity index (χ3n) is 3.04. The summed E-state index contributed by atoms with van der Waals surface area (Å²) in [6.07, 6.45) is 0. The highest BCUT2D eigenvalue weighted by Crippen LogP contribution is 2.13. The second kappa shape index (κ2) is 7.04. The van der Waals surface area contributed by atoms with E-state index in [1.807, 2.05) is 37.3 Å². The van der Waals surface area contributed by atoms with Crippen LogP contribution in [0.15, 0.2) is 48.5 Å². The number of nitriles is 1.